The minimum absolute atomic E-state index is 0.214. The number of carbonyl (C=O) groups is 3. The Kier molecular flexibility index (Phi) is 11.7. The molecule has 10 nitrogen and oxygen atoms in total. The Morgan fingerprint density at radius 1 is 0.868 bits per heavy atom. The Morgan fingerprint density at radius 3 is 1.84 bits per heavy atom. The van der Waals surface area contributed by atoms with Crippen molar-refractivity contribution >= 4 is 18.3 Å². The van der Waals surface area contributed by atoms with E-state index in [2.05, 4.69) is 5.32 Å². The molecule has 10 heteroatoms. The Balaban J connectivity index is 0.000000308. The zero-order valence-electron chi connectivity index (χ0n) is 23.8. The summed E-state index contributed by atoms with van der Waals surface area (Å²) < 4.78 is 15.8. The van der Waals surface area contributed by atoms with Crippen LogP contribution in [0.25, 0.3) is 0 Å². The number of nitrogens with zero attached hydrogens (tertiary/aromatic N) is 2. The predicted octanol–water partition coefficient (Wildman–Crippen LogP) is 4.37. The lowest BCUT2D eigenvalue weighted by atomic mass is 10.1. The van der Waals surface area contributed by atoms with Crippen molar-refractivity contribution in [1.82, 2.24) is 15.1 Å². The molecule has 2 fully saturated rings. The number of carbonyl (C=O) groups excluding carboxylic acids is 3. The zero-order chi connectivity index (χ0) is 28.3. The second kappa shape index (κ2) is 14.2. The van der Waals surface area contributed by atoms with Gasteiger partial charge in [0.1, 0.15) is 17.8 Å². The summed E-state index contributed by atoms with van der Waals surface area (Å²) in [6.07, 6.45) is 0.896. The Labute approximate surface area is 227 Å². The van der Waals surface area contributed by atoms with Gasteiger partial charge >= 0.3 is 18.3 Å². The van der Waals surface area contributed by atoms with Crippen molar-refractivity contribution in [1.29, 1.82) is 0 Å². The number of benzene rings is 1. The summed E-state index contributed by atoms with van der Waals surface area (Å²) in [5.41, 5.74) is 5.60. The maximum absolute atomic E-state index is 12.0. The number of likely N-dealkylation sites (tertiary alicyclic amines) is 2. The first-order chi connectivity index (χ1) is 17.8. The smallest absolute Gasteiger partial charge is 0.410 e. The third kappa shape index (κ3) is 12.0. The van der Waals surface area contributed by atoms with E-state index in [-0.39, 0.29) is 24.7 Å². The first-order valence-corrected chi connectivity index (χ1v) is 13.4. The quantitative estimate of drug-likeness (QED) is 0.538. The van der Waals surface area contributed by atoms with E-state index in [1.807, 2.05) is 71.9 Å². The standard InChI is InChI=1S/C18H26N2O4.C10H20N2O2/c1-18(2,3)24-17(22)20-10-9-15(12-20)11-19-16(21)23-13-14-7-5-4-6-8-14;1-10(2,3)14-9(13)12-5-4-8(6-11)7-12/h4-8,15H,9-13H2,1-3H3,(H,19,21);8H,4-7,11H2,1-3H3/t15-;8-/m11/s1. The van der Waals surface area contributed by atoms with Crippen molar-refractivity contribution < 1.29 is 28.6 Å². The van der Waals surface area contributed by atoms with Crippen LogP contribution in [0.1, 0.15) is 59.9 Å². The van der Waals surface area contributed by atoms with E-state index >= 15 is 0 Å². The molecule has 2 saturated heterocycles. The van der Waals surface area contributed by atoms with Gasteiger partial charge in [-0.05, 0) is 78.3 Å². The normalized spacial score (nSPS) is 19.3. The summed E-state index contributed by atoms with van der Waals surface area (Å²) in [6.45, 7) is 15.3. The highest BCUT2D eigenvalue weighted by Crippen LogP contribution is 2.20. The van der Waals surface area contributed by atoms with Crippen LogP contribution in [-0.2, 0) is 20.8 Å². The summed E-state index contributed by atoms with van der Waals surface area (Å²) in [4.78, 5) is 38.7. The van der Waals surface area contributed by atoms with Gasteiger partial charge in [-0.2, -0.15) is 0 Å². The Hall–Kier alpha value is -3.01. The summed E-state index contributed by atoms with van der Waals surface area (Å²) in [6, 6.07) is 9.53. The highest BCUT2D eigenvalue weighted by molar-refractivity contribution is 5.69. The van der Waals surface area contributed by atoms with Gasteiger partial charge in [-0.3, -0.25) is 0 Å². The van der Waals surface area contributed by atoms with Gasteiger partial charge < -0.3 is 35.1 Å². The third-order valence-electron chi connectivity index (χ3n) is 5.96. The van der Waals surface area contributed by atoms with Gasteiger partial charge in [0, 0.05) is 32.7 Å². The van der Waals surface area contributed by atoms with E-state index in [1.165, 1.54) is 0 Å². The molecule has 2 aliphatic rings. The van der Waals surface area contributed by atoms with Gasteiger partial charge in [0.25, 0.3) is 0 Å². The summed E-state index contributed by atoms with van der Waals surface area (Å²) in [5.74, 6) is 0.671. The maximum atomic E-state index is 12.0. The molecule has 2 aliphatic heterocycles. The largest absolute Gasteiger partial charge is 0.445 e. The molecule has 0 radical (unpaired) electrons. The maximum Gasteiger partial charge on any atom is 0.410 e. The second-order valence-electron chi connectivity index (χ2n) is 11.8. The van der Waals surface area contributed by atoms with Gasteiger partial charge in [0.05, 0.1) is 0 Å². The summed E-state index contributed by atoms with van der Waals surface area (Å²) >= 11 is 0. The third-order valence-corrected chi connectivity index (χ3v) is 5.96. The number of ether oxygens (including phenoxy) is 3. The van der Waals surface area contributed by atoms with E-state index in [0.29, 0.717) is 32.1 Å². The van der Waals surface area contributed by atoms with Crippen LogP contribution in [-0.4, -0.2) is 78.6 Å². The number of alkyl carbamates (subject to hydrolysis) is 1. The lowest BCUT2D eigenvalue weighted by molar-refractivity contribution is 0.0278. The lowest BCUT2D eigenvalue weighted by Crippen LogP contribution is -2.36. The monoisotopic (exact) mass is 534 g/mol. The highest BCUT2D eigenvalue weighted by Gasteiger charge is 2.30. The predicted molar refractivity (Wildman–Crippen MR) is 146 cm³/mol. The molecule has 3 amide bonds. The first kappa shape index (κ1) is 31.2. The fourth-order valence-electron chi connectivity index (χ4n) is 4.01. The minimum atomic E-state index is -0.491. The van der Waals surface area contributed by atoms with Crippen molar-refractivity contribution in [2.24, 2.45) is 17.6 Å². The van der Waals surface area contributed by atoms with Crippen molar-refractivity contribution in [3.8, 4) is 0 Å². The van der Waals surface area contributed by atoms with Crippen LogP contribution in [0.4, 0.5) is 14.4 Å². The lowest BCUT2D eigenvalue weighted by Gasteiger charge is -2.24. The number of nitrogens with one attached hydrogen (secondary N) is 1. The first-order valence-electron chi connectivity index (χ1n) is 13.4. The van der Waals surface area contributed by atoms with Gasteiger partial charge in [0.2, 0.25) is 0 Å². The summed E-state index contributed by atoms with van der Waals surface area (Å²) in [5, 5.41) is 2.76. The second-order valence-corrected chi connectivity index (χ2v) is 11.8. The van der Waals surface area contributed by atoms with Crippen molar-refractivity contribution in [2.45, 2.75) is 72.2 Å². The molecule has 0 unspecified atom stereocenters. The fraction of sp³-hybridized carbons (Fsp3) is 0.679. The molecule has 3 N–H and O–H groups in total. The molecule has 0 aromatic heterocycles. The summed E-state index contributed by atoms with van der Waals surface area (Å²) in [7, 11) is 0. The SMILES string of the molecule is CC(C)(C)OC(=O)N1CC[C@H](CN)C1.CC(C)(C)OC(=O)N1CC[C@H](CNC(=O)OCc2ccccc2)C1. The minimum Gasteiger partial charge on any atom is -0.445 e. The topological polar surface area (TPSA) is 123 Å². The Bertz CT molecular complexity index is 897. The van der Waals surface area contributed by atoms with Crippen LogP contribution >= 0.6 is 0 Å². The van der Waals surface area contributed by atoms with Gasteiger partial charge in [-0.1, -0.05) is 30.3 Å². The van der Waals surface area contributed by atoms with Gasteiger partial charge in [-0.15, -0.1) is 0 Å². The number of nitrogens with two attached hydrogens (primary N) is 1. The molecule has 214 valence electrons. The molecule has 3 rings (SSSR count). The van der Waals surface area contributed by atoms with Gasteiger partial charge in [0.15, 0.2) is 0 Å². The average Bonchev–Trinajstić information content (AvgIpc) is 3.50. The molecule has 38 heavy (non-hydrogen) atoms. The van der Waals surface area contributed by atoms with Crippen LogP contribution < -0.4 is 11.1 Å². The number of amides is 3. The van der Waals surface area contributed by atoms with Crippen LogP contribution in [0.15, 0.2) is 30.3 Å². The average molecular weight is 535 g/mol. The van der Waals surface area contributed by atoms with Gasteiger partial charge in [-0.25, -0.2) is 14.4 Å². The molecule has 0 spiro atoms. The molecule has 1 aromatic rings. The highest BCUT2D eigenvalue weighted by atomic mass is 16.6. The van der Waals surface area contributed by atoms with Crippen molar-refractivity contribution in [2.75, 3.05) is 39.3 Å². The molecule has 1 aromatic carbocycles. The number of hydrogen-bond donors (Lipinski definition) is 2. The zero-order valence-corrected chi connectivity index (χ0v) is 23.8. The van der Waals surface area contributed by atoms with Crippen molar-refractivity contribution in [3.05, 3.63) is 35.9 Å². The number of rotatable bonds is 5. The van der Waals surface area contributed by atoms with E-state index < -0.39 is 17.3 Å². The van der Waals surface area contributed by atoms with E-state index in [4.69, 9.17) is 19.9 Å². The fourth-order valence-corrected chi connectivity index (χ4v) is 4.01. The van der Waals surface area contributed by atoms with Crippen LogP contribution in [0.5, 0.6) is 0 Å². The molecule has 0 aliphatic carbocycles. The van der Waals surface area contributed by atoms with Crippen molar-refractivity contribution in [3.63, 3.8) is 0 Å². The molecule has 0 bridgehead atoms. The Morgan fingerprint density at radius 2 is 1.37 bits per heavy atom. The molecular formula is C28H46N4O6. The van der Waals surface area contributed by atoms with E-state index in [1.54, 1.807) is 9.80 Å². The molecular weight excluding hydrogens is 488 g/mol. The van der Waals surface area contributed by atoms with E-state index in [0.717, 1.165) is 31.5 Å². The number of hydrogen-bond acceptors (Lipinski definition) is 7. The van der Waals surface area contributed by atoms with E-state index in [9.17, 15) is 14.4 Å². The van der Waals surface area contributed by atoms with Crippen LogP contribution in [0.2, 0.25) is 0 Å². The molecule has 2 atom stereocenters. The molecule has 0 saturated carbocycles. The molecule has 2 heterocycles. The van der Waals surface area contributed by atoms with Crippen LogP contribution in [0.3, 0.4) is 0 Å². The van der Waals surface area contributed by atoms with Crippen LogP contribution in [0, 0.1) is 11.8 Å².